The lowest BCUT2D eigenvalue weighted by atomic mass is 10.1. The fraction of sp³-hybridized carbons (Fsp3) is 0.723. The average Bonchev–Trinajstić information content (AvgIpc) is 3.15. The number of hydrogen-bond donors (Lipinski definition) is 0. The van der Waals surface area contributed by atoms with Crippen LogP contribution in [0.4, 0.5) is 0 Å². The number of ether oxygens (including phenoxy) is 3. The Labute approximate surface area is 326 Å². The third-order valence-electron chi connectivity index (χ3n) is 8.98. The monoisotopic (exact) mass is 741 g/mol. The van der Waals surface area contributed by atoms with Gasteiger partial charge >= 0.3 is 17.9 Å². The summed E-state index contributed by atoms with van der Waals surface area (Å²) in [5.41, 5.74) is 0. The molecule has 0 rings (SSSR count). The standard InChI is InChI=1S/C47H80O6/c1-4-7-10-13-16-19-22-23-24-26-28-31-34-37-40-46(49)52-43-44(42-51-45(48)39-36-33-30-27-21-18-15-12-9-6-3)53-47(50)41-38-35-32-29-25-20-17-14-11-8-5-2/h8,11,15,17-18,20,24,26,29,32,44H,4-7,9-10,12-14,16,19,21-23,25,27-28,30-31,33-43H2,1-3H3/b11-8-,18-15-,20-17-,26-24-,32-29-. The second-order valence-electron chi connectivity index (χ2n) is 14.2. The molecule has 0 aromatic heterocycles. The van der Waals surface area contributed by atoms with Gasteiger partial charge in [0.1, 0.15) is 13.2 Å². The molecule has 0 aliphatic rings. The average molecular weight is 741 g/mol. The number of unbranched alkanes of at least 4 members (excludes halogenated alkanes) is 17. The van der Waals surface area contributed by atoms with Gasteiger partial charge in [0.15, 0.2) is 6.10 Å². The molecule has 6 heteroatoms. The van der Waals surface area contributed by atoms with Crippen LogP contribution in [0.1, 0.15) is 201 Å². The van der Waals surface area contributed by atoms with Crippen molar-refractivity contribution < 1.29 is 28.6 Å². The smallest absolute Gasteiger partial charge is 0.306 e. The normalized spacial score (nSPS) is 12.6. The molecule has 0 saturated carbocycles. The molecule has 304 valence electrons. The van der Waals surface area contributed by atoms with Crippen LogP contribution in [0.25, 0.3) is 0 Å². The molecular formula is C47H80O6. The summed E-state index contributed by atoms with van der Waals surface area (Å²) in [6.07, 6.45) is 49.3. The van der Waals surface area contributed by atoms with Crippen LogP contribution >= 0.6 is 0 Å². The largest absolute Gasteiger partial charge is 0.462 e. The van der Waals surface area contributed by atoms with Gasteiger partial charge in [-0.15, -0.1) is 0 Å². The molecule has 0 saturated heterocycles. The summed E-state index contributed by atoms with van der Waals surface area (Å²) in [7, 11) is 0. The lowest BCUT2D eigenvalue weighted by Gasteiger charge is -2.18. The Balaban J connectivity index is 4.47. The van der Waals surface area contributed by atoms with Gasteiger partial charge in [-0.3, -0.25) is 14.4 Å². The highest BCUT2D eigenvalue weighted by atomic mass is 16.6. The number of allylic oxidation sites excluding steroid dienone is 10. The molecule has 53 heavy (non-hydrogen) atoms. The zero-order valence-electron chi connectivity index (χ0n) is 34.5. The van der Waals surface area contributed by atoms with Crippen LogP contribution in [0.5, 0.6) is 0 Å². The van der Waals surface area contributed by atoms with Crippen molar-refractivity contribution in [2.24, 2.45) is 0 Å². The maximum absolute atomic E-state index is 12.6. The summed E-state index contributed by atoms with van der Waals surface area (Å²) < 4.78 is 16.6. The van der Waals surface area contributed by atoms with Crippen molar-refractivity contribution in [3.05, 3.63) is 60.8 Å². The van der Waals surface area contributed by atoms with Crippen molar-refractivity contribution in [3.8, 4) is 0 Å². The summed E-state index contributed by atoms with van der Waals surface area (Å²) in [5, 5.41) is 0. The Morgan fingerprint density at radius 1 is 0.396 bits per heavy atom. The number of carbonyl (C=O) groups is 3. The molecule has 1 unspecified atom stereocenters. The fourth-order valence-electron chi connectivity index (χ4n) is 5.67. The van der Waals surface area contributed by atoms with Crippen LogP contribution in [-0.4, -0.2) is 37.2 Å². The topological polar surface area (TPSA) is 78.9 Å². The third kappa shape index (κ3) is 40.1. The highest BCUT2D eigenvalue weighted by molar-refractivity contribution is 5.71. The lowest BCUT2D eigenvalue weighted by molar-refractivity contribution is -0.167. The van der Waals surface area contributed by atoms with E-state index in [0.717, 1.165) is 96.3 Å². The Morgan fingerprint density at radius 3 is 1.30 bits per heavy atom. The number of esters is 3. The van der Waals surface area contributed by atoms with E-state index in [4.69, 9.17) is 14.2 Å². The molecule has 0 radical (unpaired) electrons. The van der Waals surface area contributed by atoms with Crippen molar-refractivity contribution in [2.75, 3.05) is 13.2 Å². The highest BCUT2D eigenvalue weighted by Gasteiger charge is 2.19. The number of rotatable bonds is 38. The first-order chi connectivity index (χ1) is 26.0. The van der Waals surface area contributed by atoms with E-state index in [2.05, 4.69) is 81.5 Å². The second kappa shape index (κ2) is 41.9. The summed E-state index contributed by atoms with van der Waals surface area (Å²) in [4.78, 5) is 37.6. The van der Waals surface area contributed by atoms with E-state index in [9.17, 15) is 14.4 Å². The third-order valence-corrected chi connectivity index (χ3v) is 8.98. The van der Waals surface area contributed by atoms with Crippen LogP contribution in [-0.2, 0) is 28.6 Å². The van der Waals surface area contributed by atoms with Gasteiger partial charge in [-0.25, -0.2) is 0 Å². The molecule has 0 amide bonds. The van der Waals surface area contributed by atoms with E-state index in [-0.39, 0.29) is 37.5 Å². The molecule has 0 N–H and O–H groups in total. The predicted molar refractivity (Wildman–Crippen MR) is 224 cm³/mol. The fourth-order valence-corrected chi connectivity index (χ4v) is 5.67. The van der Waals surface area contributed by atoms with E-state index < -0.39 is 6.10 Å². The molecule has 0 bridgehead atoms. The molecule has 1 atom stereocenters. The quantitative estimate of drug-likeness (QED) is 0.0271. The van der Waals surface area contributed by atoms with Gasteiger partial charge in [0.25, 0.3) is 0 Å². The van der Waals surface area contributed by atoms with Gasteiger partial charge in [0.2, 0.25) is 0 Å². The Bertz CT molecular complexity index is 991. The number of hydrogen-bond acceptors (Lipinski definition) is 6. The van der Waals surface area contributed by atoms with Gasteiger partial charge in [-0.2, -0.15) is 0 Å². The first kappa shape index (κ1) is 50.1. The molecule has 0 spiro atoms. The van der Waals surface area contributed by atoms with Crippen molar-refractivity contribution in [1.29, 1.82) is 0 Å². The molecule has 0 aliphatic carbocycles. The SMILES string of the molecule is CC/C=C\C/C=C\C/C=C\CCCC(=O)OC(COC(=O)CCCCC/C=C\CCCCCCCCC)COC(=O)CCCCCC/C=C\CCCC. The summed E-state index contributed by atoms with van der Waals surface area (Å²) in [6.45, 7) is 6.38. The van der Waals surface area contributed by atoms with Crippen LogP contribution in [0.3, 0.4) is 0 Å². The molecular weight excluding hydrogens is 661 g/mol. The molecule has 6 nitrogen and oxygen atoms in total. The van der Waals surface area contributed by atoms with Crippen molar-refractivity contribution in [1.82, 2.24) is 0 Å². The second-order valence-corrected chi connectivity index (χ2v) is 14.2. The Kier molecular flexibility index (Phi) is 39.6. The first-order valence-electron chi connectivity index (χ1n) is 21.8. The Morgan fingerprint density at radius 2 is 0.774 bits per heavy atom. The summed E-state index contributed by atoms with van der Waals surface area (Å²) in [5.74, 6) is -0.997. The minimum absolute atomic E-state index is 0.106. The van der Waals surface area contributed by atoms with Crippen LogP contribution in [0, 0.1) is 0 Å². The van der Waals surface area contributed by atoms with Crippen molar-refractivity contribution >= 4 is 17.9 Å². The van der Waals surface area contributed by atoms with Gasteiger partial charge in [-0.05, 0) is 89.9 Å². The van der Waals surface area contributed by atoms with Crippen LogP contribution < -0.4 is 0 Å². The molecule has 0 aromatic carbocycles. The Hall–Kier alpha value is -2.89. The molecule has 0 fully saturated rings. The van der Waals surface area contributed by atoms with Gasteiger partial charge < -0.3 is 14.2 Å². The lowest BCUT2D eigenvalue weighted by Crippen LogP contribution is -2.30. The van der Waals surface area contributed by atoms with Crippen LogP contribution in [0.2, 0.25) is 0 Å². The van der Waals surface area contributed by atoms with E-state index in [1.807, 2.05) is 0 Å². The van der Waals surface area contributed by atoms with Gasteiger partial charge in [0, 0.05) is 19.3 Å². The van der Waals surface area contributed by atoms with Crippen LogP contribution in [0.15, 0.2) is 60.8 Å². The molecule has 0 heterocycles. The van der Waals surface area contributed by atoms with Gasteiger partial charge in [0.05, 0.1) is 0 Å². The van der Waals surface area contributed by atoms with E-state index in [1.165, 1.54) is 57.8 Å². The number of carbonyl (C=O) groups excluding carboxylic acids is 3. The summed E-state index contributed by atoms with van der Waals surface area (Å²) in [6, 6.07) is 0. The van der Waals surface area contributed by atoms with Gasteiger partial charge in [-0.1, -0.05) is 152 Å². The molecule has 0 aromatic rings. The maximum Gasteiger partial charge on any atom is 0.306 e. The maximum atomic E-state index is 12.6. The van der Waals surface area contributed by atoms with Crippen molar-refractivity contribution in [3.63, 3.8) is 0 Å². The zero-order valence-corrected chi connectivity index (χ0v) is 34.5. The zero-order chi connectivity index (χ0) is 38.7. The van der Waals surface area contributed by atoms with Crippen molar-refractivity contribution in [2.45, 2.75) is 207 Å². The van der Waals surface area contributed by atoms with E-state index >= 15 is 0 Å². The minimum Gasteiger partial charge on any atom is -0.462 e. The highest BCUT2D eigenvalue weighted by Crippen LogP contribution is 2.12. The van der Waals surface area contributed by atoms with E-state index in [1.54, 1.807) is 0 Å². The first-order valence-corrected chi connectivity index (χ1v) is 21.8. The van der Waals surface area contributed by atoms with E-state index in [0.29, 0.717) is 19.3 Å². The predicted octanol–water partition coefficient (Wildman–Crippen LogP) is 13.7. The minimum atomic E-state index is -0.807. The molecule has 0 aliphatic heterocycles. The summed E-state index contributed by atoms with van der Waals surface area (Å²) >= 11 is 0.